The molecule has 2 amide bonds. The molecule has 0 radical (unpaired) electrons. The van der Waals surface area contributed by atoms with Crippen LogP contribution in [0.25, 0.3) is 0 Å². The van der Waals surface area contributed by atoms with E-state index in [2.05, 4.69) is 0 Å². The Kier molecular flexibility index (Phi) is 1.65. The Morgan fingerprint density at radius 3 is 2.05 bits per heavy atom. The molecule has 6 heteroatoms. The molecule has 120 valence electrons. The van der Waals surface area contributed by atoms with Crippen molar-refractivity contribution in [3.05, 3.63) is 0 Å². The van der Waals surface area contributed by atoms with Crippen LogP contribution in [0.5, 0.6) is 0 Å². The van der Waals surface area contributed by atoms with Crippen molar-refractivity contribution >= 4 is 11.8 Å². The number of nitrogens with zero attached hydrogens (tertiary/aromatic N) is 2. The van der Waals surface area contributed by atoms with Gasteiger partial charge in [-0.15, -0.1) is 0 Å². The van der Waals surface area contributed by atoms with Crippen molar-refractivity contribution < 1.29 is 19.4 Å². The molecule has 0 aromatic heterocycles. The second-order valence-corrected chi connectivity index (χ2v) is 8.46. The van der Waals surface area contributed by atoms with Crippen LogP contribution >= 0.6 is 0 Å². The summed E-state index contributed by atoms with van der Waals surface area (Å²) in [4.78, 5) is 29.8. The predicted octanol–water partition coefficient (Wildman–Crippen LogP) is 0.506. The number of hydrogen-bond donors (Lipinski definition) is 1. The van der Waals surface area contributed by atoms with Crippen LogP contribution in [0, 0.1) is 21.7 Å². The van der Waals surface area contributed by atoms with Crippen LogP contribution in [0.2, 0.25) is 0 Å². The molecule has 6 nitrogen and oxygen atoms in total. The largest absolute Gasteiger partial charge is 0.348 e. The van der Waals surface area contributed by atoms with Gasteiger partial charge in [-0.3, -0.25) is 14.5 Å². The molecule has 0 aromatic carbocycles. The minimum absolute atomic E-state index is 0.00312. The first kappa shape index (κ1) is 13.3. The maximum Gasteiger partial charge on any atom is 0.260 e. The van der Waals surface area contributed by atoms with E-state index in [1.165, 1.54) is 4.90 Å². The second-order valence-electron chi connectivity index (χ2n) is 8.46. The molecule has 4 aliphatic heterocycles. The summed E-state index contributed by atoms with van der Waals surface area (Å²) in [5.74, 6) is -1.77. The van der Waals surface area contributed by atoms with Crippen LogP contribution in [0.15, 0.2) is 0 Å². The van der Waals surface area contributed by atoms with Crippen molar-refractivity contribution in [2.45, 2.75) is 52.7 Å². The lowest BCUT2D eigenvalue weighted by molar-refractivity contribution is -0.347. The number of ether oxygens (including phenoxy) is 1. The standard InChI is InChI=1S/C16H22N2O4/c1-11-9(19)17-7-6-8-18-10(20)12(11,2)14(4)13(11,3)15(17,5)22-16(14,18)21/h21H,6-8H2,1-5H3/t11-,12+,13-,14+,15?,16?/m0/s1. The van der Waals surface area contributed by atoms with Crippen molar-refractivity contribution in [3.63, 3.8) is 0 Å². The van der Waals surface area contributed by atoms with E-state index in [-0.39, 0.29) is 11.8 Å². The third kappa shape index (κ3) is 0.641. The van der Waals surface area contributed by atoms with Crippen LogP contribution in [-0.2, 0) is 14.3 Å². The third-order valence-corrected chi connectivity index (χ3v) is 8.91. The summed E-state index contributed by atoms with van der Waals surface area (Å²) in [6.45, 7) is 10.6. The molecule has 4 heterocycles. The highest BCUT2D eigenvalue weighted by molar-refractivity contribution is 6.03. The van der Waals surface area contributed by atoms with Crippen molar-refractivity contribution in [3.8, 4) is 0 Å². The highest BCUT2D eigenvalue weighted by atomic mass is 16.7. The summed E-state index contributed by atoms with van der Waals surface area (Å²) in [5, 5.41) is 11.4. The number of hydrogen-bond acceptors (Lipinski definition) is 4. The molecular formula is C16H22N2O4. The molecule has 1 N–H and O–H groups in total. The molecule has 0 spiro atoms. The molecule has 1 aliphatic carbocycles. The number of aliphatic hydroxyl groups is 1. The summed E-state index contributed by atoms with van der Waals surface area (Å²) in [6, 6.07) is 0. The summed E-state index contributed by atoms with van der Waals surface area (Å²) >= 11 is 0. The molecule has 2 unspecified atom stereocenters. The van der Waals surface area contributed by atoms with Gasteiger partial charge in [0.15, 0.2) is 5.72 Å². The Bertz CT molecular complexity index is 640. The van der Waals surface area contributed by atoms with E-state index < -0.39 is 33.3 Å². The fourth-order valence-electron chi connectivity index (χ4n) is 7.33. The van der Waals surface area contributed by atoms with Crippen molar-refractivity contribution in [2.75, 3.05) is 13.1 Å². The molecule has 5 fully saturated rings. The predicted molar refractivity (Wildman–Crippen MR) is 74.9 cm³/mol. The SMILES string of the molecule is CC12OC3(O)N4CCCN1C(=O)[C@@]1(C)[C@@](C)(C4=O)[C@]3(C)[C@@]21C. The van der Waals surface area contributed by atoms with Crippen LogP contribution in [0.3, 0.4) is 0 Å². The lowest BCUT2D eigenvalue weighted by Gasteiger charge is -2.70. The molecule has 6 atom stereocenters. The zero-order chi connectivity index (χ0) is 16.1. The van der Waals surface area contributed by atoms with E-state index in [4.69, 9.17) is 4.74 Å². The van der Waals surface area contributed by atoms with Crippen LogP contribution in [-0.4, -0.2) is 51.4 Å². The number of fused-ring (bicyclic) bond motifs is 1. The first-order valence-corrected chi connectivity index (χ1v) is 8.07. The number of rotatable bonds is 0. The lowest BCUT2D eigenvalue weighted by atomic mass is 9.26. The van der Waals surface area contributed by atoms with Gasteiger partial charge >= 0.3 is 0 Å². The van der Waals surface area contributed by atoms with Gasteiger partial charge in [-0.05, 0) is 27.2 Å². The van der Waals surface area contributed by atoms with Gasteiger partial charge in [0.2, 0.25) is 11.8 Å². The summed E-state index contributed by atoms with van der Waals surface area (Å²) in [5.41, 5.74) is -4.06. The minimum Gasteiger partial charge on any atom is -0.348 e. The van der Waals surface area contributed by atoms with Gasteiger partial charge in [-0.1, -0.05) is 13.8 Å². The summed E-state index contributed by atoms with van der Waals surface area (Å²) in [6.07, 6.45) is 0.664. The van der Waals surface area contributed by atoms with E-state index in [1.54, 1.807) is 4.90 Å². The van der Waals surface area contributed by atoms with Crippen LogP contribution < -0.4 is 0 Å². The minimum atomic E-state index is -1.62. The van der Waals surface area contributed by atoms with Gasteiger partial charge in [-0.2, -0.15) is 0 Å². The molecule has 0 aromatic rings. The number of carbonyl (C=O) groups excluding carboxylic acids is 2. The van der Waals surface area contributed by atoms with Crippen LogP contribution in [0.4, 0.5) is 0 Å². The lowest BCUT2D eigenvalue weighted by Crippen LogP contribution is -2.78. The van der Waals surface area contributed by atoms with E-state index >= 15 is 0 Å². The summed E-state index contributed by atoms with van der Waals surface area (Å²) in [7, 11) is 0. The molecule has 2 bridgehead atoms. The quantitative estimate of drug-likeness (QED) is 0.708. The maximum absolute atomic E-state index is 13.3. The van der Waals surface area contributed by atoms with Gasteiger partial charge in [-0.25, -0.2) is 0 Å². The Labute approximate surface area is 129 Å². The highest BCUT2D eigenvalue weighted by Gasteiger charge is 3.05. The molecule has 1 saturated carbocycles. The van der Waals surface area contributed by atoms with Crippen molar-refractivity contribution in [2.24, 2.45) is 21.7 Å². The Morgan fingerprint density at radius 2 is 1.41 bits per heavy atom. The normalized spacial score (nSPS) is 64.3. The van der Waals surface area contributed by atoms with Gasteiger partial charge in [0, 0.05) is 18.5 Å². The monoisotopic (exact) mass is 306 g/mol. The van der Waals surface area contributed by atoms with Gasteiger partial charge in [0.25, 0.3) is 5.91 Å². The molecule has 5 rings (SSSR count). The molecule has 4 saturated heterocycles. The first-order chi connectivity index (χ1) is 10.00. The van der Waals surface area contributed by atoms with E-state index in [0.29, 0.717) is 19.5 Å². The average Bonchev–Trinajstić information content (AvgIpc) is 2.73. The topological polar surface area (TPSA) is 70.1 Å². The van der Waals surface area contributed by atoms with Gasteiger partial charge in [0.05, 0.1) is 16.2 Å². The molecule has 22 heavy (non-hydrogen) atoms. The maximum atomic E-state index is 13.3. The van der Waals surface area contributed by atoms with Gasteiger partial charge < -0.3 is 14.7 Å². The van der Waals surface area contributed by atoms with E-state index in [0.717, 1.165) is 0 Å². The number of carbonyl (C=O) groups is 2. The highest BCUT2D eigenvalue weighted by Crippen LogP contribution is 2.93. The smallest absolute Gasteiger partial charge is 0.260 e. The average molecular weight is 306 g/mol. The third-order valence-electron chi connectivity index (χ3n) is 8.91. The van der Waals surface area contributed by atoms with Crippen molar-refractivity contribution in [1.82, 2.24) is 9.80 Å². The van der Waals surface area contributed by atoms with E-state index in [1.807, 2.05) is 34.6 Å². The molecular weight excluding hydrogens is 284 g/mol. The zero-order valence-corrected chi connectivity index (χ0v) is 13.7. The second kappa shape index (κ2) is 2.73. The summed E-state index contributed by atoms with van der Waals surface area (Å²) < 4.78 is 6.22. The molecule has 5 aliphatic rings. The van der Waals surface area contributed by atoms with Crippen LogP contribution in [0.1, 0.15) is 41.0 Å². The Morgan fingerprint density at radius 1 is 0.909 bits per heavy atom. The number of amides is 2. The van der Waals surface area contributed by atoms with E-state index in [9.17, 15) is 14.7 Å². The fourth-order valence-corrected chi connectivity index (χ4v) is 7.33. The zero-order valence-electron chi connectivity index (χ0n) is 13.7. The first-order valence-electron chi connectivity index (χ1n) is 8.07. The Balaban J connectivity index is 1.98. The Hall–Kier alpha value is -1.14. The van der Waals surface area contributed by atoms with Crippen molar-refractivity contribution in [1.29, 1.82) is 0 Å². The fraction of sp³-hybridized carbons (Fsp3) is 0.875. The van der Waals surface area contributed by atoms with Gasteiger partial charge in [0.1, 0.15) is 0 Å².